The van der Waals surface area contributed by atoms with Gasteiger partial charge in [0.25, 0.3) is 0 Å². The average Bonchev–Trinajstić information content (AvgIpc) is 3.12. The normalized spacial score (nSPS) is 16.3. The van der Waals surface area contributed by atoms with Crippen LogP contribution in [0.15, 0.2) is 47.4 Å². The number of rotatable bonds is 5. The maximum absolute atomic E-state index is 12.7. The number of sulfonamides is 1. The van der Waals surface area contributed by atoms with Gasteiger partial charge in [0.15, 0.2) is 0 Å². The van der Waals surface area contributed by atoms with Crippen molar-refractivity contribution < 1.29 is 22.7 Å². The molecule has 0 aromatic heterocycles. The lowest BCUT2D eigenvalue weighted by Gasteiger charge is -2.22. The molecule has 0 radical (unpaired) electrons. The molecule has 3 amide bonds. The Morgan fingerprint density at radius 1 is 0.970 bits per heavy atom. The minimum Gasteiger partial charge on any atom is -0.372 e. The number of urea groups is 1. The van der Waals surface area contributed by atoms with Crippen molar-refractivity contribution in [2.45, 2.75) is 24.5 Å². The molecule has 2 aliphatic heterocycles. The van der Waals surface area contributed by atoms with Crippen LogP contribution < -0.4 is 10.0 Å². The van der Waals surface area contributed by atoms with Crippen LogP contribution in [0.1, 0.15) is 17.5 Å². The van der Waals surface area contributed by atoms with Crippen LogP contribution in [0.3, 0.4) is 0 Å². The fourth-order valence-electron chi connectivity index (χ4n) is 3.81. The number of nitrogens with one attached hydrogen (secondary N) is 2. The van der Waals surface area contributed by atoms with E-state index in [2.05, 4.69) is 10.0 Å². The molecule has 2 aromatic rings. The van der Waals surface area contributed by atoms with Crippen LogP contribution in [0.4, 0.5) is 10.5 Å². The second kappa shape index (κ2) is 10.1. The molecular weight excluding hydrogens is 468 g/mol. The maximum Gasteiger partial charge on any atom is 0.321 e. The Labute approximate surface area is 197 Å². The largest absolute Gasteiger partial charge is 0.372 e. The van der Waals surface area contributed by atoms with E-state index in [0.717, 1.165) is 11.1 Å². The van der Waals surface area contributed by atoms with Gasteiger partial charge in [-0.2, -0.15) is 0 Å². The van der Waals surface area contributed by atoms with Gasteiger partial charge in [0.2, 0.25) is 15.9 Å². The van der Waals surface area contributed by atoms with Gasteiger partial charge < -0.3 is 19.9 Å². The molecule has 0 spiro atoms. The van der Waals surface area contributed by atoms with Crippen molar-refractivity contribution in [1.29, 1.82) is 0 Å². The summed E-state index contributed by atoms with van der Waals surface area (Å²) in [6.45, 7) is 2.11. The van der Waals surface area contributed by atoms with Crippen LogP contribution in [0.2, 0.25) is 5.02 Å². The number of fused-ring (bicyclic) bond motifs is 1. The monoisotopic (exact) mass is 492 g/mol. The second-order valence-corrected chi connectivity index (χ2v) is 10.1. The van der Waals surface area contributed by atoms with Crippen LogP contribution >= 0.6 is 11.6 Å². The summed E-state index contributed by atoms with van der Waals surface area (Å²) in [4.78, 5) is 28.6. The summed E-state index contributed by atoms with van der Waals surface area (Å²) in [5, 5.41) is 3.33. The molecule has 11 heteroatoms. The molecule has 0 aliphatic carbocycles. The van der Waals surface area contributed by atoms with E-state index < -0.39 is 10.0 Å². The predicted octanol–water partition coefficient (Wildman–Crippen LogP) is 2.41. The molecule has 176 valence electrons. The highest BCUT2D eigenvalue weighted by molar-refractivity contribution is 7.89. The number of halogens is 1. The molecule has 9 nitrogen and oxygen atoms in total. The molecule has 0 saturated carbocycles. The lowest BCUT2D eigenvalue weighted by molar-refractivity contribution is -0.129. The fourth-order valence-corrected chi connectivity index (χ4v) is 5.02. The molecule has 1 saturated heterocycles. The lowest BCUT2D eigenvalue weighted by Crippen LogP contribution is -2.43. The zero-order valence-electron chi connectivity index (χ0n) is 17.9. The van der Waals surface area contributed by atoms with E-state index in [0.29, 0.717) is 56.5 Å². The molecule has 2 heterocycles. The van der Waals surface area contributed by atoms with Crippen molar-refractivity contribution in [3.05, 3.63) is 58.6 Å². The Kier molecular flexibility index (Phi) is 7.18. The smallest absolute Gasteiger partial charge is 0.321 e. The Morgan fingerprint density at radius 2 is 1.73 bits per heavy atom. The van der Waals surface area contributed by atoms with E-state index >= 15 is 0 Å². The van der Waals surface area contributed by atoms with Crippen LogP contribution in [0.25, 0.3) is 0 Å². The van der Waals surface area contributed by atoms with Crippen molar-refractivity contribution in [2.24, 2.45) is 0 Å². The van der Waals surface area contributed by atoms with Gasteiger partial charge in [0.05, 0.1) is 24.7 Å². The third-order valence-corrected chi connectivity index (χ3v) is 7.26. The van der Waals surface area contributed by atoms with Gasteiger partial charge in [0, 0.05) is 36.9 Å². The highest BCUT2D eigenvalue weighted by atomic mass is 35.5. The Hall–Kier alpha value is -2.66. The number of carbonyl (C=O) groups excluding carboxylic acids is 2. The Bertz CT molecular complexity index is 1160. The Balaban J connectivity index is 1.30. The first kappa shape index (κ1) is 23.5. The van der Waals surface area contributed by atoms with Crippen molar-refractivity contribution in [2.75, 3.05) is 38.0 Å². The third-order valence-electron chi connectivity index (χ3n) is 5.63. The summed E-state index contributed by atoms with van der Waals surface area (Å²) in [6, 6.07) is 11.4. The molecule has 0 unspecified atom stereocenters. The molecule has 0 atom stereocenters. The van der Waals surface area contributed by atoms with Crippen LogP contribution in [0.5, 0.6) is 0 Å². The highest BCUT2D eigenvalue weighted by Crippen LogP contribution is 2.23. The number of carbonyl (C=O) groups is 2. The number of hydrogen-bond acceptors (Lipinski definition) is 5. The molecule has 0 bridgehead atoms. The summed E-state index contributed by atoms with van der Waals surface area (Å²) < 4.78 is 33.0. The third kappa shape index (κ3) is 5.83. The molecule has 2 aromatic carbocycles. The van der Waals surface area contributed by atoms with Gasteiger partial charge in [-0.05, 0) is 47.9 Å². The number of nitrogens with zero attached hydrogens (tertiary/aromatic N) is 2. The predicted molar refractivity (Wildman–Crippen MR) is 123 cm³/mol. The lowest BCUT2D eigenvalue weighted by atomic mass is 10.1. The molecule has 4 rings (SSSR count). The number of anilines is 1. The zero-order chi connectivity index (χ0) is 23.4. The quantitative estimate of drug-likeness (QED) is 0.666. The van der Waals surface area contributed by atoms with Gasteiger partial charge in [0.1, 0.15) is 0 Å². The van der Waals surface area contributed by atoms with Gasteiger partial charge >= 0.3 is 6.03 Å². The van der Waals surface area contributed by atoms with Crippen molar-refractivity contribution in [3.63, 3.8) is 0 Å². The van der Waals surface area contributed by atoms with Crippen LogP contribution in [-0.2, 0) is 32.8 Å². The molecule has 2 N–H and O–H groups in total. The zero-order valence-corrected chi connectivity index (χ0v) is 19.5. The molecule has 33 heavy (non-hydrogen) atoms. The molecule has 2 aliphatic rings. The first-order chi connectivity index (χ1) is 15.8. The standard InChI is InChI=1S/C22H25ClN4O5S/c23-18-3-1-4-19(12-18)25-22(29)27-8-2-7-26(9-10-27)21(28)13-24-33(30,31)20-6-5-16-14-32-15-17(16)11-20/h1,3-6,11-12,24H,2,7-10,13-15H2,(H,25,29). The minimum atomic E-state index is -3.83. The summed E-state index contributed by atoms with van der Waals surface area (Å²) in [6.07, 6.45) is 0.590. The maximum atomic E-state index is 12.7. The average molecular weight is 493 g/mol. The van der Waals surface area contributed by atoms with Crippen molar-refractivity contribution in [1.82, 2.24) is 14.5 Å². The fraction of sp³-hybridized carbons (Fsp3) is 0.364. The van der Waals surface area contributed by atoms with Gasteiger partial charge in [-0.15, -0.1) is 0 Å². The number of ether oxygens (including phenoxy) is 1. The van der Waals surface area contributed by atoms with Crippen LogP contribution in [0, 0.1) is 0 Å². The number of amides is 3. The minimum absolute atomic E-state index is 0.110. The van der Waals surface area contributed by atoms with E-state index in [1.165, 1.54) is 6.07 Å². The van der Waals surface area contributed by atoms with Gasteiger partial charge in [-0.3, -0.25) is 4.79 Å². The van der Waals surface area contributed by atoms with Crippen molar-refractivity contribution >= 4 is 39.2 Å². The number of benzene rings is 2. The summed E-state index contributed by atoms with van der Waals surface area (Å²) in [7, 11) is -3.83. The Morgan fingerprint density at radius 3 is 2.55 bits per heavy atom. The van der Waals surface area contributed by atoms with E-state index in [9.17, 15) is 18.0 Å². The first-order valence-electron chi connectivity index (χ1n) is 10.6. The van der Waals surface area contributed by atoms with Gasteiger partial charge in [-0.1, -0.05) is 23.7 Å². The van der Waals surface area contributed by atoms with E-state index in [1.807, 2.05) is 0 Å². The first-order valence-corrected chi connectivity index (χ1v) is 12.5. The van der Waals surface area contributed by atoms with Gasteiger partial charge in [-0.25, -0.2) is 17.9 Å². The van der Waals surface area contributed by atoms with Crippen molar-refractivity contribution in [3.8, 4) is 0 Å². The summed E-state index contributed by atoms with van der Waals surface area (Å²) >= 11 is 5.96. The summed E-state index contributed by atoms with van der Waals surface area (Å²) in [5.41, 5.74) is 2.41. The van der Waals surface area contributed by atoms with Crippen LogP contribution in [-0.4, -0.2) is 62.9 Å². The van der Waals surface area contributed by atoms with E-state index in [4.69, 9.17) is 16.3 Å². The summed E-state index contributed by atoms with van der Waals surface area (Å²) in [5.74, 6) is -0.333. The molecular formula is C22H25ClN4O5S. The van der Waals surface area contributed by atoms with E-state index in [-0.39, 0.29) is 23.4 Å². The topological polar surface area (TPSA) is 108 Å². The van der Waals surface area contributed by atoms with E-state index in [1.54, 1.807) is 46.2 Å². The SMILES string of the molecule is O=C(CNS(=O)(=O)c1ccc2c(c1)COC2)N1CCCN(C(=O)Nc2cccc(Cl)c2)CC1. The second-order valence-electron chi connectivity index (χ2n) is 7.91. The number of hydrogen-bond donors (Lipinski definition) is 2. The highest BCUT2D eigenvalue weighted by Gasteiger charge is 2.24. The molecule has 1 fully saturated rings.